The Morgan fingerprint density at radius 2 is 2.04 bits per heavy atom. The molecule has 2 aromatic carbocycles. The van der Waals surface area contributed by atoms with Crippen molar-refractivity contribution in [3.63, 3.8) is 0 Å². The van der Waals surface area contributed by atoms with E-state index < -0.39 is 5.91 Å². The van der Waals surface area contributed by atoms with E-state index in [1.54, 1.807) is 7.11 Å². The van der Waals surface area contributed by atoms with Crippen LogP contribution in [-0.4, -0.2) is 34.0 Å². The molecule has 0 radical (unpaired) electrons. The number of carbonyl (C=O) groups is 1. The van der Waals surface area contributed by atoms with Gasteiger partial charge in [0.25, 0.3) is 5.91 Å². The summed E-state index contributed by atoms with van der Waals surface area (Å²) in [5.41, 5.74) is 0.877. The van der Waals surface area contributed by atoms with Crippen LogP contribution in [0.2, 0.25) is 0 Å². The molecule has 3 aromatic rings. The SMILES string of the molecule is COc1ccc2cc(-c3nc(SCC(=O)N=O)n[nH]3)ccc2c1. The molecule has 0 unspecified atom stereocenters. The maximum absolute atomic E-state index is 10.9. The minimum atomic E-state index is -0.735. The highest BCUT2D eigenvalue weighted by Gasteiger charge is 2.09. The van der Waals surface area contributed by atoms with E-state index in [2.05, 4.69) is 20.4 Å². The van der Waals surface area contributed by atoms with Crippen LogP contribution in [0.15, 0.2) is 46.7 Å². The summed E-state index contributed by atoms with van der Waals surface area (Å²) in [5, 5.41) is 11.7. The normalized spacial score (nSPS) is 10.7. The number of nitroso groups, excluding NO2 is 1. The standard InChI is InChI=1S/C15H12N4O3S/c1-22-12-5-4-9-6-11(3-2-10(9)7-12)14-16-15(18-17-14)23-8-13(20)19-21/h2-7H,8H2,1H3,(H,16,17,18). The summed E-state index contributed by atoms with van der Waals surface area (Å²) in [4.78, 5) is 25.2. The molecular weight excluding hydrogens is 316 g/mol. The highest BCUT2D eigenvalue weighted by Crippen LogP contribution is 2.26. The Labute approximate surface area is 135 Å². The first-order valence-electron chi connectivity index (χ1n) is 6.69. The zero-order chi connectivity index (χ0) is 16.2. The van der Waals surface area contributed by atoms with Gasteiger partial charge < -0.3 is 4.74 Å². The van der Waals surface area contributed by atoms with Crippen LogP contribution in [0.1, 0.15) is 0 Å². The molecule has 0 saturated carbocycles. The van der Waals surface area contributed by atoms with E-state index in [1.165, 1.54) is 0 Å². The molecule has 0 spiro atoms. The molecule has 7 nitrogen and oxygen atoms in total. The number of rotatable bonds is 5. The van der Waals surface area contributed by atoms with Crippen LogP contribution in [0.5, 0.6) is 5.75 Å². The zero-order valence-electron chi connectivity index (χ0n) is 12.1. The van der Waals surface area contributed by atoms with Gasteiger partial charge in [-0.25, -0.2) is 4.98 Å². The molecule has 0 saturated heterocycles. The smallest absolute Gasteiger partial charge is 0.296 e. The summed E-state index contributed by atoms with van der Waals surface area (Å²) in [7, 11) is 1.63. The van der Waals surface area contributed by atoms with Crippen LogP contribution in [0.3, 0.4) is 0 Å². The predicted molar refractivity (Wildman–Crippen MR) is 87.4 cm³/mol. The number of nitrogens with one attached hydrogen (secondary N) is 1. The molecule has 1 amide bonds. The number of aromatic amines is 1. The number of aromatic nitrogens is 3. The van der Waals surface area contributed by atoms with E-state index in [1.807, 2.05) is 36.4 Å². The van der Waals surface area contributed by atoms with Crippen molar-refractivity contribution in [2.75, 3.05) is 12.9 Å². The molecule has 0 atom stereocenters. The van der Waals surface area contributed by atoms with Gasteiger partial charge in [-0.2, -0.15) is 0 Å². The van der Waals surface area contributed by atoms with Gasteiger partial charge in [0.1, 0.15) is 5.75 Å². The third-order valence-corrected chi connectivity index (χ3v) is 4.04. The van der Waals surface area contributed by atoms with Crippen molar-refractivity contribution < 1.29 is 9.53 Å². The number of hydrogen-bond acceptors (Lipinski definition) is 6. The van der Waals surface area contributed by atoms with Gasteiger partial charge in [-0.3, -0.25) is 9.89 Å². The second-order valence-corrected chi connectivity index (χ2v) is 5.61. The number of hydrogen-bond donors (Lipinski definition) is 1. The Morgan fingerprint density at radius 3 is 2.83 bits per heavy atom. The zero-order valence-corrected chi connectivity index (χ0v) is 13.0. The third kappa shape index (κ3) is 3.37. The molecule has 0 bridgehead atoms. The molecule has 3 rings (SSSR count). The number of ether oxygens (including phenoxy) is 1. The average molecular weight is 328 g/mol. The second kappa shape index (κ2) is 6.57. The Hall–Kier alpha value is -2.74. The van der Waals surface area contributed by atoms with Gasteiger partial charge in [0, 0.05) is 10.7 Å². The number of methoxy groups -OCH3 is 1. The number of amides is 1. The van der Waals surface area contributed by atoms with Gasteiger partial charge in [-0.05, 0) is 29.0 Å². The van der Waals surface area contributed by atoms with Crippen molar-refractivity contribution in [1.82, 2.24) is 15.2 Å². The largest absolute Gasteiger partial charge is 0.497 e. The van der Waals surface area contributed by atoms with Gasteiger partial charge in [0.15, 0.2) is 5.82 Å². The van der Waals surface area contributed by atoms with Gasteiger partial charge in [0.2, 0.25) is 5.16 Å². The molecule has 8 heteroatoms. The molecule has 1 aromatic heterocycles. The minimum absolute atomic E-state index is 0.0711. The molecule has 23 heavy (non-hydrogen) atoms. The van der Waals surface area contributed by atoms with E-state index in [0.29, 0.717) is 11.0 Å². The van der Waals surface area contributed by atoms with E-state index in [-0.39, 0.29) is 5.75 Å². The molecule has 0 aliphatic carbocycles. The van der Waals surface area contributed by atoms with Crippen molar-refractivity contribution in [3.8, 4) is 17.1 Å². The number of H-pyrrole nitrogens is 1. The highest BCUT2D eigenvalue weighted by molar-refractivity contribution is 7.99. The number of fused-ring (bicyclic) bond motifs is 1. The minimum Gasteiger partial charge on any atom is -0.497 e. The van der Waals surface area contributed by atoms with Crippen molar-refractivity contribution >= 4 is 28.4 Å². The summed E-state index contributed by atoms with van der Waals surface area (Å²) in [5.74, 6) is 0.591. The average Bonchev–Trinajstić information content (AvgIpc) is 3.07. The van der Waals surface area contributed by atoms with Crippen LogP contribution in [-0.2, 0) is 4.79 Å². The first-order chi connectivity index (χ1) is 11.2. The molecule has 1 N–H and O–H groups in total. The van der Waals surface area contributed by atoms with E-state index in [9.17, 15) is 9.70 Å². The molecule has 1 heterocycles. The van der Waals surface area contributed by atoms with E-state index >= 15 is 0 Å². The van der Waals surface area contributed by atoms with E-state index in [0.717, 1.165) is 33.8 Å². The maximum atomic E-state index is 10.9. The lowest BCUT2D eigenvalue weighted by atomic mass is 10.1. The molecular formula is C15H12N4O3S. The molecule has 0 aliphatic rings. The maximum Gasteiger partial charge on any atom is 0.296 e. The lowest BCUT2D eigenvalue weighted by Gasteiger charge is -2.04. The number of thioether (sulfide) groups is 1. The Balaban J connectivity index is 1.84. The Bertz CT molecular complexity index is 878. The van der Waals surface area contributed by atoms with Crippen molar-refractivity contribution in [2.45, 2.75) is 5.16 Å². The fourth-order valence-electron chi connectivity index (χ4n) is 2.09. The lowest BCUT2D eigenvalue weighted by Crippen LogP contribution is -1.95. The van der Waals surface area contributed by atoms with Crippen LogP contribution in [0.25, 0.3) is 22.2 Å². The summed E-state index contributed by atoms with van der Waals surface area (Å²) in [6, 6.07) is 11.7. The van der Waals surface area contributed by atoms with Crippen molar-refractivity contribution in [3.05, 3.63) is 41.3 Å². The van der Waals surface area contributed by atoms with Crippen molar-refractivity contribution in [2.24, 2.45) is 5.18 Å². The van der Waals surface area contributed by atoms with Crippen LogP contribution in [0, 0.1) is 4.91 Å². The van der Waals surface area contributed by atoms with Gasteiger partial charge in [-0.1, -0.05) is 30.0 Å². The first-order valence-corrected chi connectivity index (χ1v) is 7.68. The molecule has 0 fully saturated rings. The molecule has 0 aliphatic heterocycles. The monoisotopic (exact) mass is 328 g/mol. The van der Waals surface area contributed by atoms with Gasteiger partial charge in [-0.15, -0.1) is 10.0 Å². The summed E-state index contributed by atoms with van der Waals surface area (Å²) in [6.45, 7) is 0. The number of carbonyl (C=O) groups excluding carboxylic acids is 1. The number of benzene rings is 2. The van der Waals surface area contributed by atoms with Crippen molar-refractivity contribution in [1.29, 1.82) is 0 Å². The molecule has 116 valence electrons. The van der Waals surface area contributed by atoms with Gasteiger partial charge >= 0.3 is 0 Å². The van der Waals surface area contributed by atoms with E-state index in [4.69, 9.17) is 4.74 Å². The Morgan fingerprint density at radius 1 is 1.26 bits per heavy atom. The number of nitrogens with zero attached hydrogens (tertiary/aromatic N) is 3. The third-order valence-electron chi connectivity index (χ3n) is 3.21. The highest BCUT2D eigenvalue weighted by atomic mass is 32.2. The van der Waals surface area contributed by atoms with Crippen LogP contribution in [0.4, 0.5) is 0 Å². The first kappa shape index (κ1) is 15.2. The summed E-state index contributed by atoms with van der Waals surface area (Å²) < 4.78 is 5.21. The van der Waals surface area contributed by atoms with Crippen LogP contribution < -0.4 is 4.74 Å². The summed E-state index contributed by atoms with van der Waals surface area (Å²) >= 11 is 1.06. The summed E-state index contributed by atoms with van der Waals surface area (Å²) in [6.07, 6.45) is 0. The van der Waals surface area contributed by atoms with Crippen LogP contribution >= 0.6 is 11.8 Å². The topological polar surface area (TPSA) is 97.3 Å². The van der Waals surface area contributed by atoms with Gasteiger partial charge in [0.05, 0.1) is 12.9 Å². The fraction of sp³-hybridized carbons (Fsp3) is 0.133. The predicted octanol–water partition coefficient (Wildman–Crippen LogP) is 3.02. The second-order valence-electron chi connectivity index (χ2n) is 4.67. The Kier molecular flexibility index (Phi) is 4.33. The fourth-order valence-corrected chi connectivity index (χ4v) is 2.66. The lowest BCUT2D eigenvalue weighted by molar-refractivity contribution is -0.115. The quantitative estimate of drug-likeness (QED) is 0.571.